The van der Waals surface area contributed by atoms with Crippen molar-refractivity contribution >= 4 is 34.5 Å². The van der Waals surface area contributed by atoms with E-state index in [1.165, 1.54) is 16.7 Å². The largest absolute Gasteiger partial charge is 0.431 e. The highest BCUT2D eigenvalue weighted by atomic mass is 32.2. The first-order valence-electron chi connectivity index (χ1n) is 5.06. The molecule has 1 aromatic heterocycles. The fourth-order valence-electron chi connectivity index (χ4n) is 1.26. The lowest BCUT2D eigenvalue weighted by molar-refractivity contribution is -0.125. The highest BCUT2D eigenvalue weighted by molar-refractivity contribution is 7.99. The second-order valence-electron chi connectivity index (χ2n) is 3.75. The molecule has 2 N–H and O–H groups in total. The van der Waals surface area contributed by atoms with Gasteiger partial charge in [-0.15, -0.1) is 0 Å². The van der Waals surface area contributed by atoms with E-state index in [9.17, 15) is 4.79 Å². The van der Waals surface area contributed by atoms with Crippen LogP contribution in [0.15, 0.2) is 27.8 Å². The Morgan fingerprint density at radius 2 is 2.29 bits per heavy atom. The summed E-state index contributed by atoms with van der Waals surface area (Å²) in [6, 6.07) is 5.38. The second-order valence-corrected chi connectivity index (χ2v) is 4.68. The molecule has 6 heteroatoms. The van der Waals surface area contributed by atoms with Crippen LogP contribution in [0.3, 0.4) is 0 Å². The molecular formula is C11H13N3O2S. The van der Waals surface area contributed by atoms with Gasteiger partial charge >= 0.3 is 0 Å². The van der Waals surface area contributed by atoms with E-state index in [1.54, 1.807) is 26.2 Å². The maximum Gasteiger partial charge on any atom is 0.257 e. The van der Waals surface area contributed by atoms with E-state index in [0.29, 0.717) is 27.8 Å². The van der Waals surface area contributed by atoms with Crippen molar-refractivity contribution in [1.29, 1.82) is 0 Å². The van der Waals surface area contributed by atoms with Gasteiger partial charge < -0.3 is 15.1 Å². The van der Waals surface area contributed by atoms with E-state index in [0.717, 1.165) is 0 Å². The molecule has 17 heavy (non-hydrogen) atoms. The third-order valence-electron chi connectivity index (χ3n) is 2.25. The lowest BCUT2D eigenvalue weighted by Crippen LogP contribution is -2.23. The number of rotatable bonds is 3. The summed E-state index contributed by atoms with van der Waals surface area (Å²) < 4.78 is 5.48. The Labute approximate surface area is 103 Å². The maximum atomic E-state index is 11.4. The third kappa shape index (κ3) is 2.52. The van der Waals surface area contributed by atoms with Gasteiger partial charge in [-0.1, -0.05) is 17.8 Å². The van der Waals surface area contributed by atoms with Crippen molar-refractivity contribution in [2.24, 2.45) is 0 Å². The minimum Gasteiger partial charge on any atom is -0.431 e. The maximum absolute atomic E-state index is 11.4. The number of anilines is 1. The Hall–Kier alpha value is -1.69. The zero-order valence-corrected chi connectivity index (χ0v) is 10.5. The zero-order valence-electron chi connectivity index (χ0n) is 9.64. The monoisotopic (exact) mass is 251 g/mol. The molecule has 1 heterocycles. The number of hydrogen-bond acceptors (Lipinski definition) is 5. The molecule has 1 amide bonds. The number of carbonyl (C=O) groups is 1. The molecule has 0 aliphatic carbocycles. The summed E-state index contributed by atoms with van der Waals surface area (Å²) in [5.74, 6) is 0.324. The van der Waals surface area contributed by atoms with Gasteiger partial charge in [-0.3, -0.25) is 4.79 Å². The number of thioether (sulfide) groups is 1. The average Bonchev–Trinajstić information content (AvgIpc) is 2.70. The van der Waals surface area contributed by atoms with Crippen molar-refractivity contribution < 1.29 is 9.21 Å². The first kappa shape index (κ1) is 11.8. The average molecular weight is 251 g/mol. The molecule has 0 bridgehead atoms. The Morgan fingerprint density at radius 3 is 2.94 bits per heavy atom. The predicted molar refractivity (Wildman–Crippen MR) is 67.8 cm³/mol. The normalized spacial score (nSPS) is 10.7. The van der Waals surface area contributed by atoms with E-state index in [-0.39, 0.29) is 5.91 Å². The number of nitrogen functional groups attached to an aromatic ring is 1. The third-order valence-corrected chi connectivity index (χ3v) is 3.06. The van der Waals surface area contributed by atoms with Crippen LogP contribution in [0.5, 0.6) is 0 Å². The van der Waals surface area contributed by atoms with Crippen LogP contribution < -0.4 is 5.73 Å². The zero-order chi connectivity index (χ0) is 12.4. The molecule has 1 aromatic carbocycles. The van der Waals surface area contributed by atoms with Gasteiger partial charge in [0.1, 0.15) is 5.52 Å². The number of para-hydroxylation sites is 1. The highest BCUT2D eigenvalue weighted by Crippen LogP contribution is 2.26. The summed E-state index contributed by atoms with van der Waals surface area (Å²) in [5, 5.41) is 0.466. The van der Waals surface area contributed by atoms with Gasteiger partial charge in [0.05, 0.1) is 11.4 Å². The van der Waals surface area contributed by atoms with Gasteiger partial charge in [0.2, 0.25) is 5.91 Å². The minimum absolute atomic E-state index is 0.0187. The van der Waals surface area contributed by atoms with Gasteiger partial charge in [0, 0.05) is 14.1 Å². The van der Waals surface area contributed by atoms with Gasteiger partial charge in [-0.2, -0.15) is 0 Å². The molecule has 0 saturated carbocycles. The van der Waals surface area contributed by atoms with Crippen molar-refractivity contribution in [3.8, 4) is 0 Å². The summed E-state index contributed by atoms with van der Waals surface area (Å²) in [4.78, 5) is 17.2. The van der Waals surface area contributed by atoms with E-state index in [2.05, 4.69) is 4.98 Å². The molecule has 0 aliphatic rings. The summed E-state index contributed by atoms with van der Waals surface area (Å²) in [5.41, 5.74) is 7.64. The van der Waals surface area contributed by atoms with Crippen LogP contribution in [0.1, 0.15) is 0 Å². The van der Waals surface area contributed by atoms with Gasteiger partial charge in [0.15, 0.2) is 5.58 Å². The molecule has 0 radical (unpaired) electrons. The van der Waals surface area contributed by atoms with Crippen molar-refractivity contribution in [1.82, 2.24) is 9.88 Å². The first-order chi connectivity index (χ1) is 8.08. The van der Waals surface area contributed by atoms with E-state index in [1.807, 2.05) is 6.07 Å². The second kappa shape index (κ2) is 4.67. The van der Waals surface area contributed by atoms with Crippen LogP contribution >= 0.6 is 11.8 Å². The molecule has 90 valence electrons. The number of oxazole rings is 1. The summed E-state index contributed by atoms with van der Waals surface area (Å²) >= 11 is 1.27. The molecule has 5 nitrogen and oxygen atoms in total. The van der Waals surface area contributed by atoms with Crippen LogP contribution in [-0.2, 0) is 4.79 Å². The molecule has 2 aromatic rings. The quantitative estimate of drug-likeness (QED) is 0.662. The highest BCUT2D eigenvalue weighted by Gasteiger charge is 2.11. The molecule has 0 atom stereocenters. The number of aromatic nitrogens is 1. The van der Waals surface area contributed by atoms with Crippen molar-refractivity contribution in [2.45, 2.75) is 5.22 Å². The molecule has 0 aliphatic heterocycles. The number of amides is 1. The lowest BCUT2D eigenvalue weighted by atomic mass is 10.3. The Balaban J connectivity index is 2.15. The molecule has 2 rings (SSSR count). The van der Waals surface area contributed by atoms with E-state index >= 15 is 0 Å². The van der Waals surface area contributed by atoms with Crippen LogP contribution in [0.2, 0.25) is 0 Å². The number of fused-ring (bicyclic) bond motifs is 1. The molecular weight excluding hydrogens is 238 g/mol. The smallest absolute Gasteiger partial charge is 0.257 e. The van der Waals surface area contributed by atoms with Crippen molar-refractivity contribution in [3.63, 3.8) is 0 Å². The van der Waals surface area contributed by atoms with Crippen LogP contribution in [-0.4, -0.2) is 35.6 Å². The van der Waals surface area contributed by atoms with Crippen LogP contribution in [0, 0.1) is 0 Å². The topological polar surface area (TPSA) is 72.4 Å². The van der Waals surface area contributed by atoms with Gasteiger partial charge in [-0.25, -0.2) is 4.98 Å². The van der Waals surface area contributed by atoms with E-state index in [4.69, 9.17) is 10.2 Å². The molecule has 0 fully saturated rings. The van der Waals surface area contributed by atoms with Crippen molar-refractivity contribution in [2.75, 3.05) is 25.6 Å². The predicted octanol–water partition coefficient (Wildman–Crippen LogP) is 1.59. The van der Waals surface area contributed by atoms with Gasteiger partial charge in [0.25, 0.3) is 5.22 Å². The fraction of sp³-hybridized carbons (Fsp3) is 0.273. The molecule has 0 unspecified atom stereocenters. The standard InChI is InChI=1S/C11H13N3O2S/c1-14(2)9(15)6-17-11-13-10-7(12)4-3-5-8(10)16-11/h3-5H,6,12H2,1-2H3. The lowest BCUT2D eigenvalue weighted by Gasteiger charge is -2.07. The van der Waals surface area contributed by atoms with Gasteiger partial charge in [-0.05, 0) is 12.1 Å². The first-order valence-corrected chi connectivity index (χ1v) is 6.04. The number of benzene rings is 1. The molecule has 0 spiro atoms. The number of hydrogen-bond donors (Lipinski definition) is 1. The molecule has 0 saturated heterocycles. The van der Waals surface area contributed by atoms with E-state index < -0.39 is 0 Å². The van der Waals surface area contributed by atoms with Crippen molar-refractivity contribution in [3.05, 3.63) is 18.2 Å². The Morgan fingerprint density at radius 1 is 1.53 bits per heavy atom. The number of carbonyl (C=O) groups excluding carboxylic acids is 1. The van der Waals surface area contributed by atoms with Crippen LogP contribution in [0.4, 0.5) is 5.69 Å². The fourth-order valence-corrected chi connectivity index (χ4v) is 2.07. The summed E-state index contributed by atoms with van der Waals surface area (Å²) in [7, 11) is 3.43. The Bertz CT molecular complexity index is 551. The minimum atomic E-state index is 0.0187. The SMILES string of the molecule is CN(C)C(=O)CSc1nc2c(N)cccc2o1. The number of nitrogens with two attached hydrogens (primary N) is 1. The van der Waals surface area contributed by atoms with Crippen LogP contribution in [0.25, 0.3) is 11.1 Å². The number of nitrogens with zero attached hydrogens (tertiary/aromatic N) is 2. The summed E-state index contributed by atoms with van der Waals surface area (Å²) in [6.07, 6.45) is 0. The Kier molecular flexibility index (Phi) is 3.23. The summed E-state index contributed by atoms with van der Waals surface area (Å²) in [6.45, 7) is 0.